The zero-order valence-electron chi connectivity index (χ0n) is 7.99. The van der Waals surface area contributed by atoms with Crippen LogP contribution in [-0.2, 0) is 0 Å². The van der Waals surface area contributed by atoms with E-state index in [0.29, 0.717) is 5.56 Å². The lowest BCUT2D eigenvalue weighted by Crippen LogP contribution is -2.11. The second-order valence-electron chi connectivity index (χ2n) is 3.12. The first-order chi connectivity index (χ1) is 7.18. The Kier molecular flexibility index (Phi) is 2.51. The van der Waals surface area contributed by atoms with E-state index < -0.39 is 0 Å². The normalized spacial score (nSPS) is 10.3. The van der Waals surface area contributed by atoms with Gasteiger partial charge in [-0.25, -0.2) is 5.10 Å². The summed E-state index contributed by atoms with van der Waals surface area (Å²) in [6.45, 7) is 1.91. The van der Waals surface area contributed by atoms with Gasteiger partial charge in [-0.05, 0) is 24.6 Å². The second kappa shape index (κ2) is 3.82. The largest absolute Gasteiger partial charge is 0.272 e. The number of nitrogens with zero attached hydrogens (tertiary/aromatic N) is 2. The Morgan fingerprint density at radius 2 is 2.20 bits per heavy atom. The average molecular weight is 222 g/mol. The Balaban J connectivity index is 2.69. The number of halogens is 1. The number of aromatic amines is 1. The summed E-state index contributed by atoms with van der Waals surface area (Å²) in [5.74, 6) is 0. The molecule has 0 amide bonds. The van der Waals surface area contributed by atoms with E-state index in [4.69, 9.17) is 11.6 Å². The summed E-state index contributed by atoms with van der Waals surface area (Å²) < 4.78 is 0. The Morgan fingerprint density at radius 1 is 1.40 bits per heavy atom. The molecule has 0 aliphatic heterocycles. The Labute approximate surface area is 90.9 Å². The van der Waals surface area contributed by atoms with Crippen LogP contribution in [-0.4, -0.2) is 15.2 Å². The molecule has 2 rings (SSSR count). The fourth-order valence-electron chi connectivity index (χ4n) is 1.33. The van der Waals surface area contributed by atoms with Crippen molar-refractivity contribution in [1.29, 1.82) is 0 Å². The molecule has 76 valence electrons. The van der Waals surface area contributed by atoms with Gasteiger partial charge in [-0.2, -0.15) is 5.10 Å². The maximum Gasteiger partial charge on any atom is 0.272 e. The molecule has 0 aliphatic carbocycles. The van der Waals surface area contributed by atoms with Gasteiger partial charge in [-0.1, -0.05) is 11.6 Å². The van der Waals surface area contributed by atoms with Crippen LogP contribution in [0.4, 0.5) is 0 Å². The lowest BCUT2D eigenvalue weighted by molar-refractivity contribution is 0.991. The van der Waals surface area contributed by atoms with Crippen LogP contribution in [0.15, 0.2) is 29.3 Å². The molecular formula is C10H8ClN3O. The van der Waals surface area contributed by atoms with Crippen molar-refractivity contribution in [2.75, 3.05) is 0 Å². The smallest absolute Gasteiger partial charge is 0.267 e. The lowest BCUT2D eigenvalue weighted by Gasteiger charge is -2.03. The maximum absolute atomic E-state index is 11.5. The zero-order chi connectivity index (χ0) is 10.8. The molecule has 0 aliphatic rings. The Hall–Kier alpha value is -1.68. The molecule has 0 spiro atoms. The summed E-state index contributed by atoms with van der Waals surface area (Å²) >= 11 is 5.72. The first kappa shape index (κ1) is 9.86. The number of H-pyrrole nitrogens is 1. The SMILES string of the molecule is Cc1ccncc1-c1cc(Cl)n[nH]c1=O. The van der Waals surface area contributed by atoms with Crippen LogP contribution < -0.4 is 5.56 Å². The van der Waals surface area contributed by atoms with Gasteiger partial charge in [-0.15, -0.1) is 0 Å². The van der Waals surface area contributed by atoms with Crippen molar-refractivity contribution in [2.45, 2.75) is 6.92 Å². The van der Waals surface area contributed by atoms with Crippen molar-refractivity contribution in [3.63, 3.8) is 0 Å². The number of nitrogens with one attached hydrogen (secondary N) is 1. The summed E-state index contributed by atoms with van der Waals surface area (Å²) in [4.78, 5) is 15.5. The van der Waals surface area contributed by atoms with Crippen molar-refractivity contribution >= 4 is 11.6 Å². The molecule has 0 fully saturated rings. The van der Waals surface area contributed by atoms with E-state index in [1.165, 1.54) is 6.07 Å². The summed E-state index contributed by atoms with van der Waals surface area (Å²) in [5.41, 5.74) is 1.96. The standard InChI is InChI=1S/C10H8ClN3O/c1-6-2-3-12-5-8(6)7-4-9(11)13-14-10(7)15/h2-5H,1H3,(H,14,15). The van der Waals surface area contributed by atoms with E-state index in [-0.39, 0.29) is 10.7 Å². The highest BCUT2D eigenvalue weighted by molar-refractivity contribution is 6.29. The quantitative estimate of drug-likeness (QED) is 0.799. The van der Waals surface area contributed by atoms with Gasteiger partial charge in [0.15, 0.2) is 0 Å². The van der Waals surface area contributed by atoms with Gasteiger partial charge in [0.1, 0.15) is 5.15 Å². The molecule has 0 radical (unpaired) electrons. The number of hydrogen-bond acceptors (Lipinski definition) is 3. The molecule has 5 heteroatoms. The van der Waals surface area contributed by atoms with Gasteiger partial charge >= 0.3 is 0 Å². The highest BCUT2D eigenvalue weighted by Crippen LogP contribution is 2.19. The van der Waals surface area contributed by atoms with Crippen LogP contribution in [0.25, 0.3) is 11.1 Å². The molecule has 0 aromatic carbocycles. The van der Waals surface area contributed by atoms with Crippen LogP contribution in [0.2, 0.25) is 5.15 Å². The van der Waals surface area contributed by atoms with Gasteiger partial charge in [0.2, 0.25) is 0 Å². The molecule has 2 aromatic heterocycles. The third kappa shape index (κ3) is 1.89. The molecule has 15 heavy (non-hydrogen) atoms. The van der Waals surface area contributed by atoms with Crippen molar-refractivity contribution < 1.29 is 0 Å². The molecule has 0 saturated carbocycles. The monoisotopic (exact) mass is 221 g/mol. The minimum Gasteiger partial charge on any atom is -0.267 e. The fraction of sp³-hybridized carbons (Fsp3) is 0.100. The predicted octanol–water partition coefficient (Wildman–Crippen LogP) is 1.79. The van der Waals surface area contributed by atoms with E-state index in [1.54, 1.807) is 12.4 Å². The molecular weight excluding hydrogens is 214 g/mol. The van der Waals surface area contributed by atoms with E-state index in [2.05, 4.69) is 15.2 Å². The molecule has 2 heterocycles. The summed E-state index contributed by atoms with van der Waals surface area (Å²) in [6.07, 6.45) is 3.31. The van der Waals surface area contributed by atoms with Gasteiger partial charge in [0.25, 0.3) is 5.56 Å². The Bertz CT molecular complexity index is 550. The molecule has 2 aromatic rings. The molecule has 0 unspecified atom stereocenters. The number of aryl methyl sites for hydroxylation is 1. The first-order valence-electron chi connectivity index (χ1n) is 4.34. The Morgan fingerprint density at radius 3 is 2.93 bits per heavy atom. The number of aromatic nitrogens is 3. The molecule has 1 N–H and O–H groups in total. The highest BCUT2D eigenvalue weighted by Gasteiger charge is 2.07. The van der Waals surface area contributed by atoms with E-state index in [0.717, 1.165) is 11.1 Å². The van der Waals surface area contributed by atoms with Gasteiger partial charge < -0.3 is 0 Å². The van der Waals surface area contributed by atoms with E-state index in [1.807, 2.05) is 13.0 Å². The van der Waals surface area contributed by atoms with Gasteiger partial charge in [0.05, 0.1) is 5.56 Å². The van der Waals surface area contributed by atoms with Crippen molar-refractivity contribution in [3.05, 3.63) is 45.6 Å². The highest BCUT2D eigenvalue weighted by atomic mass is 35.5. The van der Waals surface area contributed by atoms with Crippen LogP contribution in [0.3, 0.4) is 0 Å². The zero-order valence-corrected chi connectivity index (χ0v) is 8.75. The van der Waals surface area contributed by atoms with Crippen LogP contribution >= 0.6 is 11.6 Å². The van der Waals surface area contributed by atoms with Crippen molar-refractivity contribution in [1.82, 2.24) is 15.2 Å². The molecule has 4 nitrogen and oxygen atoms in total. The maximum atomic E-state index is 11.5. The summed E-state index contributed by atoms with van der Waals surface area (Å²) in [6, 6.07) is 3.37. The summed E-state index contributed by atoms with van der Waals surface area (Å²) in [5, 5.41) is 6.19. The minimum atomic E-state index is -0.268. The predicted molar refractivity (Wildman–Crippen MR) is 57.8 cm³/mol. The van der Waals surface area contributed by atoms with Crippen LogP contribution in [0.1, 0.15) is 5.56 Å². The topological polar surface area (TPSA) is 58.6 Å². The molecule has 0 saturated heterocycles. The second-order valence-corrected chi connectivity index (χ2v) is 3.51. The average Bonchev–Trinajstić information content (AvgIpc) is 2.23. The number of rotatable bonds is 1. The third-order valence-corrected chi connectivity index (χ3v) is 2.30. The van der Waals surface area contributed by atoms with Crippen molar-refractivity contribution in [3.8, 4) is 11.1 Å². The third-order valence-electron chi connectivity index (χ3n) is 2.10. The van der Waals surface area contributed by atoms with Crippen LogP contribution in [0, 0.1) is 6.92 Å². The van der Waals surface area contributed by atoms with Crippen LogP contribution in [0.5, 0.6) is 0 Å². The molecule has 0 bridgehead atoms. The first-order valence-corrected chi connectivity index (χ1v) is 4.72. The minimum absolute atomic E-state index is 0.257. The summed E-state index contributed by atoms with van der Waals surface area (Å²) in [7, 11) is 0. The number of pyridine rings is 1. The molecule has 0 atom stereocenters. The lowest BCUT2D eigenvalue weighted by atomic mass is 10.1. The fourth-order valence-corrected chi connectivity index (χ4v) is 1.48. The van der Waals surface area contributed by atoms with E-state index in [9.17, 15) is 4.79 Å². The number of hydrogen-bond donors (Lipinski definition) is 1. The van der Waals surface area contributed by atoms with Gasteiger partial charge in [-0.3, -0.25) is 9.78 Å². The van der Waals surface area contributed by atoms with Crippen molar-refractivity contribution in [2.24, 2.45) is 0 Å². The van der Waals surface area contributed by atoms with Gasteiger partial charge in [0, 0.05) is 18.0 Å². The van der Waals surface area contributed by atoms with E-state index >= 15 is 0 Å².